The lowest BCUT2D eigenvalue weighted by atomic mass is 10.0. The molecule has 1 atom stereocenters. The molecule has 6 aromatic rings. The van der Waals surface area contributed by atoms with Crippen molar-refractivity contribution in [2.75, 3.05) is 10.6 Å². The average molecular weight is 750 g/mol. The molecule has 12 heteroatoms. The minimum Gasteiger partial charge on any atom is -0.321 e. The largest absolute Gasteiger partial charge is 0.321 e. The molecule has 0 saturated carbocycles. The summed E-state index contributed by atoms with van der Waals surface area (Å²) >= 11 is 2.53. The summed E-state index contributed by atoms with van der Waals surface area (Å²) < 4.78 is 0. The maximum atomic E-state index is 14.0. The number of nitrogens with zero attached hydrogens (tertiary/aromatic N) is 2. The lowest BCUT2D eigenvalue weighted by Crippen LogP contribution is -2.30. The predicted molar refractivity (Wildman–Crippen MR) is 213 cm³/mol. The minimum atomic E-state index is -0.743. The summed E-state index contributed by atoms with van der Waals surface area (Å²) in [5, 5.41) is 31.7. The highest BCUT2D eigenvalue weighted by atomic mass is 32.2. The third-order valence-corrected chi connectivity index (χ3v) is 10.3. The van der Waals surface area contributed by atoms with Crippen LogP contribution in [-0.2, 0) is 9.59 Å². The van der Waals surface area contributed by atoms with Crippen LogP contribution in [0.5, 0.6) is 0 Å². The van der Waals surface area contributed by atoms with Crippen LogP contribution in [0.15, 0.2) is 149 Å². The van der Waals surface area contributed by atoms with Gasteiger partial charge >= 0.3 is 0 Å². The number of anilines is 2. The fourth-order valence-corrected chi connectivity index (χ4v) is 7.45. The lowest BCUT2D eigenvalue weighted by molar-refractivity contribution is -0.385. The molecule has 10 nitrogen and oxygen atoms in total. The highest BCUT2D eigenvalue weighted by Gasteiger charge is 2.25. The molecule has 0 saturated heterocycles. The molecule has 0 radical (unpaired) electrons. The fourth-order valence-electron chi connectivity index (χ4n) is 5.44. The van der Waals surface area contributed by atoms with Crippen LogP contribution in [0, 0.1) is 28.4 Å². The van der Waals surface area contributed by atoms with Crippen molar-refractivity contribution in [3.05, 3.63) is 182 Å². The first-order valence-electron chi connectivity index (χ1n) is 16.5. The smallest absolute Gasteiger partial charge is 0.276 e. The molecule has 0 fully saturated rings. The minimum absolute atomic E-state index is 0.123. The Morgan fingerprint density at radius 3 is 2.24 bits per heavy atom. The van der Waals surface area contributed by atoms with Gasteiger partial charge in [0.05, 0.1) is 16.1 Å². The molecular formula is C42H31N5O5S2. The van der Waals surface area contributed by atoms with E-state index in [9.17, 15) is 29.8 Å². The van der Waals surface area contributed by atoms with E-state index in [0.29, 0.717) is 26.7 Å². The SMILES string of the molecule is Cc1ccc(-c2csc(NC(=O)C(Sc3cccc(NC(=O)/C(=C\c4ccccc4[N+](=O)[O-])NC(=O)c4ccccc4)c3)c3ccccc3)c2C#N)cc1. The van der Waals surface area contributed by atoms with Gasteiger partial charge in [0.15, 0.2) is 0 Å². The molecule has 5 aromatic carbocycles. The van der Waals surface area contributed by atoms with Crippen LogP contribution >= 0.6 is 23.1 Å². The molecule has 6 rings (SSSR count). The maximum absolute atomic E-state index is 14.0. The molecule has 1 aromatic heterocycles. The second-order valence-corrected chi connectivity index (χ2v) is 14.0. The Morgan fingerprint density at radius 1 is 0.852 bits per heavy atom. The molecule has 0 aliphatic carbocycles. The summed E-state index contributed by atoms with van der Waals surface area (Å²) in [7, 11) is 0. The van der Waals surface area contributed by atoms with E-state index in [1.165, 1.54) is 47.4 Å². The van der Waals surface area contributed by atoms with Gasteiger partial charge in [-0.15, -0.1) is 23.1 Å². The summed E-state index contributed by atoms with van der Waals surface area (Å²) in [6, 6.07) is 40.3. The highest BCUT2D eigenvalue weighted by Crippen LogP contribution is 2.40. The van der Waals surface area contributed by atoms with Gasteiger partial charge in [-0.3, -0.25) is 24.5 Å². The Bertz CT molecular complexity index is 2410. The zero-order valence-electron chi connectivity index (χ0n) is 28.7. The first kappa shape index (κ1) is 37.0. The molecule has 54 heavy (non-hydrogen) atoms. The van der Waals surface area contributed by atoms with Crippen molar-refractivity contribution in [1.82, 2.24) is 5.32 Å². The number of amides is 3. The normalized spacial score (nSPS) is 11.5. The lowest BCUT2D eigenvalue weighted by Gasteiger charge is -2.17. The monoisotopic (exact) mass is 749 g/mol. The van der Waals surface area contributed by atoms with E-state index < -0.39 is 22.0 Å². The third-order valence-electron chi connectivity index (χ3n) is 8.15. The average Bonchev–Trinajstić information content (AvgIpc) is 3.59. The van der Waals surface area contributed by atoms with Crippen molar-refractivity contribution in [2.45, 2.75) is 17.1 Å². The van der Waals surface area contributed by atoms with Crippen LogP contribution in [0.4, 0.5) is 16.4 Å². The zero-order valence-corrected chi connectivity index (χ0v) is 30.3. The molecule has 0 spiro atoms. The topological polar surface area (TPSA) is 154 Å². The Morgan fingerprint density at radius 2 is 1.54 bits per heavy atom. The number of carbonyl (C=O) groups is 3. The van der Waals surface area contributed by atoms with Crippen LogP contribution in [0.25, 0.3) is 17.2 Å². The number of carbonyl (C=O) groups excluding carboxylic acids is 3. The number of hydrogen-bond donors (Lipinski definition) is 3. The molecule has 0 aliphatic rings. The summed E-state index contributed by atoms with van der Waals surface area (Å²) in [6.07, 6.45) is 1.26. The van der Waals surface area contributed by atoms with E-state index in [-0.39, 0.29) is 22.9 Å². The summed E-state index contributed by atoms with van der Waals surface area (Å²) in [4.78, 5) is 52.7. The number of aryl methyl sites for hydroxylation is 1. The van der Waals surface area contributed by atoms with Crippen molar-refractivity contribution in [2.24, 2.45) is 0 Å². The number of nitro benzene ring substituents is 1. The molecular weight excluding hydrogens is 719 g/mol. The van der Waals surface area contributed by atoms with Crippen molar-refractivity contribution in [3.8, 4) is 17.2 Å². The quantitative estimate of drug-likeness (QED) is 0.0488. The Hall–Kier alpha value is -6.81. The summed E-state index contributed by atoms with van der Waals surface area (Å²) in [5.41, 5.74) is 4.12. The van der Waals surface area contributed by atoms with E-state index in [1.54, 1.807) is 60.7 Å². The first-order valence-corrected chi connectivity index (χ1v) is 18.3. The standard InChI is InChI=1S/C42H31N5O5S2/c1-27-19-21-28(22-20-27)35-26-53-42(34(35)25-43)46-41(50)38(29-11-4-2-5-12-29)54-33-17-10-16-32(24-33)44-40(49)36(45-39(48)30-13-6-3-7-14-30)23-31-15-8-9-18-37(31)47(51)52/h2-24,26,38H,1H3,(H,44,49)(H,45,48)(H,46,50)/b36-23+. The van der Waals surface area contributed by atoms with Gasteiger partial charge < -0.3 is 16.0 Å². The van der Waals surface area contributed by atoms with Crippen molar-refractivity contribution in [3.63, 3.8) is 0 Å². The van der Waals surface area contributed by atoms with Crippen LogP contribution in [0.1, 0.15) is 37.9 Å². The maximum Gasteiger partial charge on any atom is 0.276 e. The van der Waals surface area contributed by atoms with Crippen molar-refractivity contribution < 1.29 is 19.3 Å². The van der Waals surface area contributed by atoms with E-state index in [0.717, 1.165) is 22.3 Å². The number of benzene rings is 5. The number of rotatable bonds is 12. The van der Waals surface area contributed by atoms with Gasteiger partial charge in [-0.25, -0.2) is 0 Å². The number of thioether (sulfide) groups is 1. The van der Waals surface area contributed by atoms with Gasteiger partial charge in [-0.1, -0.05) is 96.6 Å². The number of thiophene rings is 1. The van der Waals surface area contributed by atoms with Crippen LogP contribution in [0.2, 0.25) is 0 Å². The van der Waals surface area contributed by atoms with Gasteiger partial charge in [-0.05, 0) is 60.5 Å². The molecule has 0 aliphatic heterocycles. The molecule has 0 bridgehead atoms. The highest BCUT2D eigenvalue weighted by molar-refractivity contribution is 8.00. The number of nitriles is 1. The number of hydrogen-bond acceptors (Lipinski definition) is 8. The van der Waals surface area contributed by atoms with Crippen LogP contribution in [0.3, 0.4) is 0 Å². The summed E-state index contributed by atoms with van der Waals surface area (Å²) in [6.45, 7) is 1.99. The Balaban J connectivity index is 1.26. The molecule has 266 valence electrons. The second-order valence-electron chi connectivity index (χ2n) is 11.9. The van der Waals surface area contributed by atoms with Gasteiger partial charge in [-0.2, -0.15) is 5.26 Å². The van der Waals surface area contributed by atoms with Crippen LogP contribution in [-0.4, -0.2) is 22.6 Å². The molecule has 1 heterocycles. The van der Waals surface area contributed by atoms with Crippen molar-refractivity contribution in [1.29, 1.82) is 5.26 Å². The third kappa shape index (κ3) is 8.97. The second kappa shape index (κ2) is 17.1. The number of nitro groups is 1. The Labute approximate surface area is 319 Å². The number of nitrogens with one attached hydrogen (secondary N) is 3. The predicted octanol–water partition coefficient (Wildman–Crippen LogP) is 9.39. The fraction of sp³-hybridized carbons (Fsp3) is 0.0476. The Kier molecular flexibility index (Phi) is 11.7. The van der Waals surface area contributed by atoms with E-state index in [1.807, 2.05) is 66.9 Å². The molecule has 1 unspecified atom stereocenters. The van der Waals surface area contributed by atoms with Crippen molar-refractivity contribution >= 4 is 63.3 Å². The van der Waals surface area contributed by atoms with Gasteiger partial charge in [0.2, 0.25) is 5.91 Å². The number of para-hydroxylation sites is 1. The zero-order chi connectivity index (χ0) is 38.0. The van der Waals surface area contributed by atoms with Gasteiger partial charge in [0.1, 0.15) is 22.0 Å². The van der Waals surface area contributed by atoms with Crippen LogP contribution < -0.4 is 16.0 Å². The van der Waals surface area contributed by atoms with E-state index in [2.05, 4.69) is 22.0 Å². The summed E-state index contributed by atoms with van der Waals surface area (Å²) in [5.74, 6) is -1.64. The van der Waals surface area contributed by atoms with Gasteiger partial charge in [0, 0.05) is 33.2 Å². The van der Waals surface area contributed by atoms with E-state index in [4.69, 9.17) is 0 Å². The molecule has 3 amide bonds. The van der Waals surface area contributed by atoms with E-state index >= 15 is 0 Å². The first-order chi connectivity index (χ1) is 26.2. The molecule has 3 N–H and O–H groups in total. The van der Waals surface area contributed by atoms with Gasteiger partial charge in [0.25, 0.3) is 17.5 Å².